The van der Waals surface area contributed by atoms with Crippen LogP contribution in [0.2, 0.25) is 0 Å². The molecule has 2 aliphatic carbocycles. The van der Waals surface area contributed by atoms with Gasteiger partial charge < -0.3 is 15.2 Å². The van der Waals surface area contributed by atoms with Gasteiger partial charge in [0.1, 0.15) is 5.69 Å². The van der Waals surface area contributed by atoms with E-state index in [0.29, 0.717) is 37.8 Å². The lowest BCUT2D eigenvalue weighted by atomic mass is 9.85. The molecular weight excluding hydrogens is 418 g/mol. The minimum Gasteiger partial charge on any atom is -0.357 e. The number of imide groups is 1. The fourth-order valence-corrected chi connectivity index (χ4v) is 5.26. The largest absolute Gasteiger partial charge is 0.357 e. The summed E-state index contributed by atoms with van der Waals surface area (Å²) in [4.78, 5) is 31.6. The number of carbonyl (C=O) groups is 2. The monoisotopic (exact) mass is 447 g/mol. The molecule has 8 heteroatoms. The van der Waals surface area contributed by atoms with Gasteiger partial charge in [-0.1, -0.05) is 47.6 Å². The molecule has 0 radical (unpaired) electrons. The number of likely N-dealkylation sites (tertiary alicyclic amines) is 1. The molecule has 4 atom stereocenters. The summed E-state index contributed by atoms with van der Waals surface area (Å²) in [7, 11) is 0. The van der Waals surface area contributed by atoms with Gasteiger partial charge in [0.2, 0.25) is 11.8 Å². The predicted molar refractivity (Wildman–Crippen MR) is 124 cm³/mol. The quantitative estimate of drug-likeness (QED) is 0.212. The normalized spacial score (nSPS) is 25.7. The number of nitrogens with one attached hydrogen (secondary N) is 2. The molecule has 3 aliphatic rings. The fourth-order valence-electron chi connectivity index (χ4n) is 5.26. The lowest BCUT2D eigenvalue weighted by molar-refractivity contribution is -0.140. The van der Waals surface area contributed by atoms with Crippen LogP contribution in [0.5, 0.6) is 0 Å². The first-order valence-electron chi connectivity index (χ1n) is 11.7. The first-order chi connectivity index (χ1) is 16.2. The van der Waals surface area contributed by atoms with E-state index in [4.69, 9.17) is 4.52 Å². The molecule has 2 aromatic rings. The van der Waals surface area contributed by atoms with E-state index in [1.165, 1.54) is 4.90 Å². The molecule has 2 heterocycles. The highest BCUT2D eigenvalue weighted by Gasteiger charge is 2.58. The third kappa shape index (κ3) is 4.17. The maximum Gasteiger partial charge on any atom is 0.233 e. The lowest BCUT2D eigenvalue weighted by Gasteiger charge is -2.18. The molecule has 5 rings (SSSR count). The minimum atomic E-state index is -0.123. The number of allylic oxidation sites excluding steroid dienone is 2. The number of nitrogens with zero attached hydrogens (tertiary/aromatic N) is 3. The third-order valence-corrected chi connectivity index (χ3v) is 6.77. The van der Waals surface area contributed by atoms with Crippen LogP contribution in [0.3, 0.4) is 0 Å². The molecule has 33 heavy (non-hydrogen) atoms. The van der Waals surface area contributed by atoms with Crippen LogP contribution >= 0.6 is 0 Å². The number of fused-ring (bicyclic) bond motifs is 5. The Balaban J connectivity index is 1.12. The number of hydrogen-bond acceptors (Lipinski definition) is 5. The molecule has 1 saturated heterocycles. The molecule has 1 aromatic heterocycles. The number of amides is 2. The number of rotatable bonds is 8. The van der Waals surface area contributed by atoms with Crippen LogP contribution in [0.15, 0.2) is 58.1 Å². The first-order valence-corrected chi connectivity index (χ1v) is 11.7. The van der Waals surface area contributed by atoms with Crippen molar-refractivity contribution in [3.63, 3.8) is 0 Å². The third-order valence-electron chi connectivity index (χ3n) is 6.77. The number of carbonyl (C=O) groups excluding carboxylic acids is 2. The highest BCUT2D eigenvalue weighted by molar-refractivity contribution is 6.06. The van der Waals surface area contributed by atoms with Gasteiger partial charge in [0, 0.05) is 31.3 Å². The molecular formula is C25H29N5O3. The van der Waals surface area contributed by atoms with E-state index in [1.54, 1.807) is 0 Å². The average Bonchev–Trinajstić information content (AvgIpc) is 3.61. The summed E-state index contributed by atoms with van der Waals surface area (Å²) in [5.74, 6) is 1.68. The van der Waals surface area contributed by atoms with Crippen LogP contribution in [0.1, 0.15) is 25.5 Å². The van der Waals surface area contributed by atoms with Crippen molar-refractivity contribution in [3.05, 3.63) is 54.2 Å². The van der Waals surface area contributed by atoms with Crippen molar-refractivity contribution in [2.45, 2.75) is 26.3 Å². The smallest absolute Gasteiger partial charge is 0.233 e. The van der Waals surface area contributed by atoms with E-state index in [1.807, 2.05) is 43.3 Å². The number of aromatic nitrogens is 1. The Morgan fingerprint density at radius 2 is 1.85 bits per heavy atom. The number of hydrogen-bond donors (Lipinski definition) is 2. The van der Waals surface area contributed by atoms with Gasteiger partial charge in [-0.25, -0.2) is 4.99 Å². The second kappa shape index (κ2) is 9.21. The number of guanidine groups is 1. The van der Waals surface area contributed by atoms with E-state index in [0.717, 1.165) is 24.2 Å². The molecule has 2 N–H and O–H groups in total. The van der Waals surface area contributed by atoms with Crippen molar-refractivity contribution in [3.8, 4) is 11.3 Å². The predicted octanol–water partition coefficient (Wildman–Crippen LogP) is 2.59. The Morgan fingerprint density at radius 1 is 1.12 bits per heavy atom. The minimum absolute atomic E-state index is 0.0164. The Labute approximate surface area is 193 Å². The summed E-state index contributed by atoms with van der Waals surface area (Å²) >= 11 is 0. The van der Waals surface area contributed by atoms with Crippen molar-refractivity contribution in [1.82, 2.24) is 20.7 Å². The fraction of sp³-hybridized carbons (Fsp3) is 0.440. The second-order valence-electron chi connectivity index (χ2n) is 8.85. The highest BCUT2D eigenvalue weighted by atomic mass is 16.5. The van der Waals surface area contributed by atoms with E-state index < -0.39 is 0 Å². The van der Waals surface area contributed by atoms with Crippen LogP contribution in [-0.2, 0) is 16.1 Å². The molecule has 2 bridgehead atoms. The summed E-state index contributed by atoms with van der Waals surface area (Å²) in [6, 6.07) is 11.7. The summed E-state index contributed by atoms with van der Waals surface area (Å²) in [5, 5.41) is 10.6. The van der Waals surface area contributed by atoms with Gasteiger partial charge in [-0.3, -0.25) is 14.5 Å². The molecule has 1 aromatic carbocycles. The summed E-state index contributed by atoms with van der Waals surface area (Å²) in [5.41, 5.74) is 1.72. The van der Waals surface area contributed by atoms with Gasteiger partial charge in [0.05, 0.1) is 18.4 Å². The van der Waals surface area contributed by atoms with Crippen molar-refractivity contribution < 1.29 is 14.1 Å². The van der Waals surface area contributed by atoms with Crippen LogP contribution in [0.25, 0.3) is 11.3 Å². The Hall–Kier alpha value is -3.42. The standard InChI is InChI=1S/C25H29N5O3/c1-2-26-25(28-15-19-14-20(33-29-19)16-7-4-3-5-8-16)27-11-6-12-30-23(31)21-17-9-10-18(13-17)22(21)24(30)32/h3-5,7-10,14,17-18,21-22H,2,6,11-13,15H2,1H3,(H2,26,27,28). The van der Waals surface area contributed by atoms with E-state index in [-0.39, 0.29) is 35.5 Å². The van der Waals surface area contributed by atoms with E-state index in [2.05, 4.69) is 32.9 Å². The topological polar surface area (TPSA) is 99.8 Å². The molecule has 0 spiro atoms. The van der Waals surface area contributed by atoms with Gasteiger partial charge >= 0.3 is 0 Å². The lowest BCUT2D eigenvalue weighted by Crippen LogP contribution is -2.40. The van der Waals surface area contributed by atoms with Gasteiger partial charge in [0.15, 0.2) is 11.7 Å². The summed E-state index contributed by atoms with van der Waals surface area (Å²) in [6.45, 7) is 4.16. The van der Waals surface area contributed by atoms with E-state index >= 15 is 0 Å². The van der Waals surface area contributed by atoms with Crippen molar-refractivity contribution in [2.75, 3.05) is 19.6 Å². The zero-order valence-corrected chi connectivity index (χ0v) is 18.7. The number of benzene rings is 1. The Kier molecular flexibility index (Phi) is 5.98. The second-order valence-corrected chi connectivity index (χ2v) is 8.85. The van der Waals surface area contributed by atoms with Crippen LogP contribution in [0, 0.1) is 23.7 Å². The van der Waals surface area contributed by atoms with Gasteiger partial charge in [-0.15, -0.1) is 0 Å². The molecule has 1 saturated carbocycles. The van der Waals surface area contributed by atoms with E-state index in [9.17, 15) is 9.59 Å². The van der Waals surface area contributed by atoms with Gasteiger partial charge in [-0.2, -0.15) is 0 Å². The summed E-state index contributed by atoms with van der Waals surface area (Å²) in [6.07, 6.45) is 5.88. The van der Waals surface area contributed by atoms with Crippen molar-refractivity contribution >= 4 is 17.8 Å². The maximum atomic E-state index is 12.8. The summed E-state index contributed by atoms with van der Waals surface area (Å²) < 4.78 is 5.44. The Bertz CT molecular complexity index is 1050. The Morgan fingerprint density at radius 3 is 2.55 bits per heavy atom. The van der Waals surface area contributed by atoms with Gasteiger partial charge in [-0.05, 0) is 31.6 Å². The number of aliphatic imine (C=N–C) groups is 1. The van der Waals surface area contributed by atoms with Crippen molar-refractivity contribution in [1.29, 1.82) is 0 Å². The van der Waals surface area contributed by atoms with Crippen LogP contribution in [-0.4, -0.2) is 47.5 Å². The van der Waals surface area contributed by atoms with Gasteiger partial charge in [0.25, 0.3) is 0 Å². The van der Waals surface area contributed by atoms with Crippen LogP contribution < -0.4 is 10.6 Å². The first kappa shape index (κ1) is 21.4. The average molecular weight is 448 g/mol. The SMILES string of the molecule is CCNC(=NCc1cc(-c2ccccc2)on1)NCCCN1C(=O)C2C3C=CC(C3)C2C1=O. The molecule has 1 aliphatic heterocycles. The molecule has 2 fully saturated rings. The van der Waals surface area contributed by atoms with Crippen molar-refractivity contribution in [2.24, 2.45) is 28.7 Å². The molecule has 8 nitrogen and oxygen atoms in total. The zero-order valence-electron chi connectivity index (χ0n) is 18.7. The molecule has 4 unspecified atom stereocenters. The molecule has 2 amide bonds. The highest BCUT2D eigenvalue weighted by Crippen LogP contribution is 2.52. The molecule has 172 valence electrons. The van der Waals surface area contributed by atoms with Crippen LogP contribution in [0.4, 0.5) is 0 Å². The zero-order chi connectivity index (χ0) is 22.8. The maximum absolute atomic E-state index is 12.8.